The largest absolute Gasteiger partial charge is 4.00 e. The molecule has 0 spiro atoms. The summed E-state index contributed by atoms with van der Waals surface area (Å²) in [5.74, 6) is -4.33. The molecule has 0 saturated carbocycles. The molecule has 0 aliphatic heterocycles. The maximum atomic E-state index is 8.89. The number of hydrogen-bond donors (Lipinski definition) is 0. The van der Waals surface area contributed by atoms with Gasteiger partial charge in [-0.25, -0.2) is 0 Å². The normalized spacial score (nSPS) is 9.26. The minimum absolute atomic E-state index is 0. The summed E-state index contributed by atoms with van der Waals surface area (Å²) in [5.41, 5.74) is 0. The molecule has 0 bridgehead atoms. The van der Waals surface area contributed by atoms with Crippen LogP contribution >= 0.6 is 0 Å². The molecule has 38 heavy (non-hydrogen) atoms. The fraction of sp³-hybridized carbons (Fsp3) is 0.833. The first kappa shape index (κ1) is 50.2. The molecular formula is C24H48O12PbTi. The average molecular weight is 784 g/mol. The second-order valence-corrected chi connectivity index (χ2v) is 10.6. The predicted molar refractivity (Wildman–Crippen MR) is 132 cm³/mol. The zero-order valence-electron chi connectivity index (χ0n) is 24.4. The van der Waals surface area contributed by atoms with Crippen LogP contribution in [0.25, 0.3) is 0 Å². The van der Waals surface area contributed by atoms with E-state index in [1.165, 1.54) is 0 Å². The van der Waals surface area contributed by atoms with E-state index in [1.54, 1.807) is 0 Å². The Morgan fingerprint density at radius 1 is 0.474 bits per heavy atom. The zero-order chi connectivity index (χ0) is 30.1. The molecule has 0 saturated heterocycles. The maximum absolute atomic E-state index is 8.89. The summed E-state index contributed by atoms with van der Waals surface area (Å²) in [7, 11) is 0. The van der Waals surface area contributed by atoms with Crippen molar-refractivity contribution in [1.29, 1.82) is 0 Å². The van der Waals surface area contributed by atoms with Crippen LogP contribution in [0.2, 0.25) is 0 Å². The van der Waals surface area contributed by atoms with E-state index in [-0.39, 0.29) is 27.3 Å². The molecule has 0 aromatic heterocycles. The van der Waals surface area contributed by atoms with Gasteiger partial charge in [-0.3, -0.25) is 0 Å². The number of carbonyl (C=O) groups excluding carboxylic acids is 4. The van der Waals surface area contributed by atoms with Crippen molar-refractivity contribution in [3.63, 3.8) is 0 Å². The molecule has 0 unspecified atom stereocenters. The van der Waals surface area contributed by atoms with Crippen LogP contribution < -0.4 is 20.4 Å². The minimum atomic E-state index is -3.52. The number of unbranched alkanes of at least 4 members (excludes halogenated alkanes) is 4. The third-order valence-electron chi connectivity index (χ3n) is 3.11. The summed E-state index contributed by atoms with van der Waals surface area (Å²) in [6, 6.07) is 0. The van der Waals surface area contributed by atoms with Crippen LogP contribution in [0, 0.1) is 0 Å². The van der Waals surface area contributed by atoms with Crippen LogP contribution in [0.15, 0.2) is 0 Å². The first-order valence-corrected chi connectivity index (χ1v) is 15.0. The summed E-state index contributed by atoms with van der Waals surface area (Å²) in [6.45, 7) is 15.2. The Hall–Kier alpha value is -0.644. The van der Waals surface area contributed by atoms with Crippen LogP contribution in [0.1, 0.15) is 107 Å². The zero-order valence-corrected chi connectivity index (χ0v) is 29.8. The first-order chi connectivity index (χ1) is 17.2. The number of aliphatic carboxylic acids is 4. The Bertz CT molecular complexity index is 427. The molecule has 0 aromatic carbocycles. The van der Waals surface area contributed by atoms with Gasteiger partial charge in [-0.2, -0.15) is 0 Å². The summed E-state index contributed by atoms with van der Waals surface area (Å²) >= 11 is -3.52. The Balaban J connectivity index is -0.000000122. The monoisotopic (exact) mass is 784 g/mol. The smallest absolute Gasteiger partial charge is 4.00 e. The van der Waals surface area contributed by atoms with E-state index >= 15 is 0 Å². The quantitative estimate of drug-likeness (QED) is 0.147. The summed E-state index contributed by atoms with van der Waals surface area (Å²) in [5, 5.41) is 35.6. The number of carboxylic acid groups (broad SMARTS) is 4. The van der Waals surface area contributed by atoms with Crippen LogP contribution in [0.5, 0.6) is 0 Å². The predicted octanol–water partition coefficient (Wildman–Crippen LogP) is -0.289. The van der Waals surface area contributed by atoms with Crippen molar-refractivity contribution in [2.24, 2.45) is 0 Å². The second kappa shape index (κ2) is 40.8. The molecule has 14 heteroatoms. The van der Waals surface area contributed by atoms with E-state index in [0.717, 1.165) is 79.1 Å². The van der Waals surface area contributed by atoms with Gasteiger partial charge in [0.1, 0.15) is 0 Å². The molecule has 0 aromatic rings. The molecule has 0 radical (unpaired) electrons. The SMILES string of the molecule is CC(=O)[O-].CC(=O)[O-].CC(=O)[O-].CC(=O)[O-].CCCC[O][Ti]([O]CCCC)([O]CCCC)[O]CCCC.[Pb+4]. The summed E-state index contributed by atoms with van der Waals surface area (Å²) in [4.78, 5) is 35.6. The van der Waals surface area contributed by atoms with Crippen molar-refractivity contribution in [2.75, 3.05) is 26.4 Å². The molecule has 224 valence electrons. The fourth-order valence-electron chi connectivity index (χ4n) is 1.62. The number of hydrogen-bond acceptors (Lipinski definition) is 12. The number of rotatable bonds is 16. The Kier molecular flexibility index (Phi) is 54.0. The van der Waals surface area contributed by atoms with Crippen molar-refractivity contribution in [3.05, 3.63) is 0 Å². The second-order valence-electron chi connectivity index (χ2n) is 7.27. The van der Waals surface area contributed by atoms with Crippen LogP contribution in [0.3, 0.4) is 0 Å². The average Bonchev–Trinajstić information content (AvgIpc) is 2.73. The summed E-state index contributed by atoms with van der Waals surface area (Å²) in [6.07, 6.45) is 8.54. The Morgan fingerprint density at radius 3 is 0.711 bits per heavy atom. The molecule has 0 aliphatic carbocycles. The third-order valence-corrected chi connectivity index (χ3v) is 6.59. The van der Waals surface area contributed by atoms with Gasteiger partial charge in [-0.1, -0.05) is 0 Å². The Labute approximate surface area is 254 Å². The maximum Gasteiger partial charge on any atom is 4.00 e. The molecule has 0 N–H and O–H groups in total. The molecule has 0 amide bonds. The van der Waals surface area contributed by atoms with E-state index in [2.05, 4.69) is 27.7 Å². The standard InChI is InChI=1S/4C4H9O.4C2H4O2.Pb.Ti/c4*1-2-3-4-5;4*1-2(3)4;;/h4*2-4H2,1H3;4*1H3,(H,3,4);;/q4*-1;;;;;2*+4/p-4. The topological polar surface area (TPSA) is 197 Å². The van der Waals surface area contributed by atoms with Crippen molar-refractivity contribution < 1.29 is 71.0 Å². The van der Waals surface area contributed by atoms with Gasteiger partial charge in [-0.05, 0) is 27.7 Å². The van der Waals surface area contributed by atoms with Gasteiger partial charge >= 0.3 is 164 Å². The van der Waals surface area contributed by atoms with E-state index in [9.17, 15) is 0 Å². The van der Waals surface area contributed by atoms with Gasteiger partial charge in [0.05, 0.1) is 0 Å². The molecule has 0 atom stereocenters. The van der Waals surface area contributed by atoms with Crippen molar-refractivity contribution in [2.45, 2.75) is 107 Å². The van der Waals surface area contributed by atoms with Crippen molar-refractivity contribution in [1.82, 2.24) is 0 Å². The van der Waals surface area contributed by atoms with Gasteiger partial charge < -0.3 is 39.6 Å². The fourth-order valence-corrected chi connectivity index (χ4v) is 4.86. The van der Waals surface area contributed by atoms with Gasteiger partial charge in [0.25, 0.3) is 0 Å². The molecular weight excluding hydrogens is 735 g/mol. The van der Waals surface area contributed by atoms with Gasteiger partial charge in [-0.15, -0.1) is 0 Å². The van der Waals surface area contributed by atoms with Crippen LogP contribution in [0.4, 0.5) is 0 Å². The third kappa shape index (κ3) is 76.5. The van der Waals surface area contributed by atoms with Gasteiger partial charge in [0.15, 0.2) is 0 Å². The number of carbonyl (C=O) groups is 4. The summed E-state index contributed by atoms with van der Waals surface area (Å²) < 4.78 is 24.1. The van der Waals surface area contributed by atoms with Crippen LogP contribution in [-0.2, 0) is 50.6 Å². The van der Waals surface area contributed by atoms with Crippen molar-refractivity contribution in [3.8, 4) is 0 Å². The first-order valence-electron chi connectivity index (χ1n) is 12.4. The van der Waals surface area contributed by atoms with Gasteiger partial charge in [0, 0.05) is 23.9 Å². The minimum Gasteiger partial charge on any atom is 4.00 e. The van der Waals surface area contributed by atoms with E-state index in [0.29, 0.717) is 26.4 Å². The molecule has 0 aliphatic rings. The number of carboxylic acids is 4. The molecule has 0 heterocycles. The van der Waals surface area contributed by atoms with E-state index < -0.39 is 42.0 Å². The molecule has 0 rings (SSSR count). The van der Waals surface area contributed by atoms with Crippen molar-refractivity contribution >= 4 is 51.2 Å². The van der Waals surface area contributed by atoms with E-state index in [4.69, 9.17) is 52.9 Å². The molecule has 12 nitrogen and oxygen atoms in total. The van der Waals surface area contributed by atoms with Gasteiger partial charge in [0.2, 0.25) is 0 Å². The van der Waals surface area contributed by atoms with E-state index in [1.807, 2.05) is 0 Å². The molecule has 0 fully saturated rings. The Morgan fingerprint density at radius 2 is 0.605 bits per heavy atom. The van der Waals surface area contributed by atoms with Crippen LogP contribution in [-0.4, -0.2) is 77.6 Å².